The van der Waals surface area contributed by atoms with Crippen LogP contribution in [0.25, 0.3) is 12.2 Å². The predicted octanol–water partition coefficient (Wildman–Crippen LogP) is 1.79. The van der Waals surface area contributed by atoms with Crippen LogP contribution in [0.4, 0.5) is 0 Å². The number of aliphatic hydroxyl groups excluding tert-OH is 1. The van der Waals surface area contributed by atoms with E-state index in [1.165, 1.54) is 5.56 Å². The summed E-state index contributed by atoms with van der Waals surface area (Å²) in [6.45, 7) is 1.96. The highest BCUT2D eigenvalue weighted by Gasteiger charge is 2.05. The van der Waals surface area contributed by atoms with Crippen LogP contribution < -0.4 is 0 Å². The first-order valence-corrected chi connectivity index (χ1v) is 5.45. The molecule has 4 nitrogen and oxygen atoms in total. The van der Waals surface area contributed by atoms with Gasteiger partial charge in [0.15, 0.2) is 0 Å². The highest BCUT2D eigenvalue weighted by molar-refractivity contribution is 5.68. The molecular formula is C13H15N3O. The van der Waals surface area contributed by atoms with Gasteiger partial charge in [-0.3, -0.25) is 0 Å². The van der Waals surface area contributed by atoms with E-state index < -0.39 is 0 Å². The highest BCUT2D eigenvalue weighted by Crippen LogP contribution is 2.11. The summed E-state index contributed by atoms with van der Waals surface area (Å²) in [4.78, 5) is 0. The number of nitrogens with zero attached hydrogens (tertiary/aromatic N) is 3. The standard InChI is InChI=1S/C13H15N3O/c1-10-3-5-11(6-4-10)7-8-13-12(9-17)14-15-16(13)2/h3-8,17H,9H2,1-2H3/b8-7+. The van der Waals surface area contributed by atoms with Crippen LogP contribution in [0.15, 0.2) is 24.3 Å². The summed E-state index contributed by atoms with van der Waals surface area (Å²) in [7, 11) is 1.81. The van der Waals surface area contributed by atoms with Gasteiger partial charge in [-0.25, -0.2) is 4.68 Å². The van der Waals surface area contributed by atoms with Crippen molar-refractivity contribution in [3.63, 3.8) is 0 Å². The van der Waals surface area contributed by atoms with Crippen LogP contribution >= 0.6 is 0 Å². The van der Waals surface area contributed by atoms with E-state index in [0.29, 0.717) is 5.69 Å². The smallest absolute Gasteiger partial charge is 0.115 e. The SMILES string of the molecule is Cc1ccc(/C=C/c2c(CO)nnn2C)cc1. The van der Waals surface area contributed by atoms with Gasteiger partial charge in [0.25, 0.3) is 0 Å². The minimum absolute atomic E-state index is 0.0958. The lowest BCUT2D eigenvalue weighted by molar-refractivity contribution is 0.276. The van der Waals surface area contributed by atoms with Crippen LogP contribution in [0, 0.1) is 6.92 Å². The quantitative estimate of drug-likeness (QED) is 0.873. The van der Waals surface area contributed by atoms with Crippen molar-refractivity contribution in [2.45, 2.75) is 13.5 Å². The second-order valence-corrected chi connectivity index (χ2v) is 3.95. The fourth-order valence-corrected chi connectivity index (χ4v) is 1.58. The van der Waals surface area contributed by atoms with Gasteiger partial charge in [-0.2, -0.15) is 0 Å². The van der Waals surface area contributed by atoms with E-state index in [9.17, 15) is 0 Å². The molecule has 2 rings (SSSR count). The van der Waals surface area contributed by atoms with Crippen molar-refractivity contribution in [2.24, 2.45) is 7.05 Å². The van der Waals surface area contributed by atoms with E-state index in [4.69, 9.17) is 5.11 Å². The lowest BCUT2D eigenvalue weighted by atomic mass is 10.1. The largest absolute Gasteiger partial charge is 0.390 e. The summed E-state index contributed by atoms with van der Waals surface area (Å²) in [6, 6.07) is 8.23. The molecule has 1 N–H and O–H groups in total. The molecule has 0 fully saturated rings. The fraction of sp³-hybridized carbons (Fsp3) is 0.231. The molecule has 17 heavy (non-hydrogen) atoms. The number of aliphatic hydroxyl groups is 1. The summed E-state index contributed by atoms with van der Waals surface area (Å²) in [5.74, 6) is 0. The number of aromatic nitrogens is 3. The Kier molecular flexibility index (Phi) is 3.35. The zero-order chi connectivity index (χ0) is 12.3. The molecule has 0 saturated carbocycles. The Balaban J connectivity index is 2.25. The molecule has 0 aliphatic carbocycles. The van der Waals surface area contributed by atoms with Gasteiger partial charge in [-0.1, -0.05) is 41.1 Å². The van der Waals surface area contributed by atoms with Crippen LogP contribution in [-0.4, -0.2) is 20.1 Å². The van der Waals surface area contributed by atoms with Crippen molar-refractivity contribution in [1.29, 1.82) is 0 Å². The maximum absolute atomic E-state index is 9.12. The van der Waals surface area contributed by atoms with Crippen molar-refractivity contribution in [1.82, 2.24) is 15.0 Å². The zero-order valence-electron chi connectivity index (χ0n) is 9.96. The number of aryl methyl sites for hydroxylation is 2. The molecule has 0 aliphatic heterocycles. The third kappa shape index (κ3) is 2.60. The first kappa shape index (κ1) is 11.5. The van der Waals surface area contributed by atoms with E-state index in [2.05, 4.69) is 29.4 Å². The highest BCUT2D eigenvalue weighted by atomic mass is 16.3. The molecule has 0 atom stereocenters. The van der Waals surface area contributed by atoms with Crippen LogP contribution in [0.3, 0.4) is 0 Å². The molecule has 88 valence electrons. The molecule has 1 aromatic carbocycles. The van der Waals surface area contributed by atoms with Crippen molar-refractivity contribution in [3.8, 4) is 0 Å². The topological polar surface area (TPSA) is 50.9 Å². The Morgan fingerprint density at radius 3 is 2.59 bits per heavy atom. The summed E-state index contributed by atoms with van der Waals surface area (Å²) < 4.78 is 1.65. The minimum atomic E-state index is -0.0958. The van der Waals surface area contributed by atoms with Crippen molar-refractivity contribution in [3.05, 3.63) is 46.8 Å². The third-order valence-corrected chi connectivity index (χ3v) is 2.60. The van der Waals surface area contributed by atoms with Gasteiger partial charge >= 0.3 is 0 Å². The second-order valence-electron chi connectivity index (χ2n) is 3.95. The van der Waals surface area contributed by atoms with E-state index >= 15 is 0 Å². The number of benzene rings is 1. The summed E-state index contributed by atoms with van der Waals surface area (Å²) >= 11 is 0. The predicted molar refractivity (Wildman–Crippen MR) is 67.0 cm³/mol. The van der Waals surface area contributed by atoms with Gasteiger partial charge in [-0.15, -0.1) is 5.10 Å². The van der Waals surface area contributed by atoms with E-state index in [1.807, 2.05) is 24.3 Å². The molecule has 4 heteroatoms. The molecule has 0 amide bonds. The molecule has 0 bridgehead atoms. The van der Waals surface area contributed by atoms with Crippen LogP contribution in [0.1, 0.15) is 22.5 Å². The third-order valence-electron chi connectivity index (χ3n) is 2.60. The number of hydrogen-bond donors (Lipinski definition) is 1. The molecule has 2 aromatic rings. The van der Waals surface area contributed by atoms with Gasteiger partial charge in [-0.05, 0) is 18.6 Å². The van der Waals surface area contributed by atoms with Crippen LogP contribution in [0.5, 0.6) is 0 Å². The van der Waals surface area contributed by atoms with E-state index in [1.54, 1.807) is 11.7 Å². The van der Waals surface area contributed by atoms with Crippen molar-refractivity contribution < 1.29 is 5.11 Å². The average molecular weight is 229 g/mol. The second kappa shape index (κ2) is 4.93. The molecule has 0 spiro atoms. The number of rotatable bonds is 3. The Hall–Kier alpha value is -1.94. The first-order valence-electron chi connectivity index (χ1n) is 5.45. The monoisotopic (exact) mass is 229 g/mol. The van der Waals surface area contributed by atoms with Crippen LogP contribution in [0.2, 0.25) is 0 Å². The van der Waals surface area contributed by atoms with Crippen molar-refractivity contribution >= 4 is 12.2 Å². The normalized spacial score (nSPS) is 11.2. The van der Waals surface area contributed by atoms with Gasteiger partial charge in [0.05, 0.1) is 12.3 Å². The summed E-state index contributed by atoms with van der Waals surface area (Å²) in [5, 5.41) is 16.9. The Morgan fingerprint density at radius 2 is 1.94 bits per heavy atom. The molecule has 1 heterocycles. The minimum Gasteiger partial charge on any atom is -0.390 e. The molecular weight excluding hydrogens is 214 g/mol. The van der Waals surface area contributed by atoms with Gasteiger partial charge in [0.1, 0.15) is 5.69 Å². The fourth-order valence-electron chi connectivity index (χ4n) is 1.58. The average Bonchev–Trinajstić information content (AvgIpc) is 2.69. The van der Waals surface area contributed by atoms with Crippen molar-refractivity contribution in [2.75, 3.05) is 0 Å². The lowest BCUT2D eigenvalue weighted by Gasteiger charge is -1.97. The molecule has 0 saturated heterocycles. The number of hydrogen-bond acceptors (Lipinski definition) is 3. The summed E-state index contributed by atoms with van der Waals surface area (Å²) in [5.41, 5.74) is 3.77. The molecule has 1 aromatic heterocycles. The zero-order valence-corrected chi connectivity index (χ0v) is 9.96. The van der Waals surface area contributed by atoms with E-state index in [0.717, 1.165) is 11.3 Å². The van der Waals surface area contributed by atoms with Crippen LogP contribution in [-0.2, 0) is 13.7 Å². The Morgan fingerprint density at radius 1 is 1.24 bits per heavy atom. The Labute approximate surface area is 100 Å². The van der Waals surface area contributed by atoms with Gasteiger partial charge < -0.3 is 5.11 Å². The Bertz CT molecular complexity index is 526. The molecule has 0 unspecified atom stereocenters. The maximum atomic E-state index is 9.12. The molecule has 0 aliphatic rings. The lowest BCUT2D eigenvalue weighted by Crippen LogP contribution is -1.94. The van der Waals surface area contributed by atoms with E-state index in [-0.39, 0.29) is 6.61 Å². The van der Waals surface area contributed by atoms with Gasteiger partial charge in [0.2, 0.25) is 0 Å². The summed E-state index contributed by atoms with van der Waals surface area (Å²) in [6.07, 6.45) is 3.90. The molecule has 0 radical (unpaired) electrons. The first-order chi connectivity index (χ1) is 8.20. The van der Waals surface area contributed by atoms with Gasteiger partial charge in [0, 0.05) is 7.05 Å². The maximum Gasteiger partial charge on any atom is 0.115 e.